The molecule has 39 heavy (non-hydrogen) atoms. The van der Waals surface area contributed by atoms with E-state index in [1.165, 1.54) is 18.2 Å². The normalized spacial score (nSPS) is 14.2. The van der Waals surface area contributed by atoms with E-state index < -0.39 is 17.6 Å². The molecule has 2 aromatic heterocycles. The Morgan fingerprint density at radius 3 is 2.82 bits per heavy atom. The van der Waals surface area contributed by atoms with Crippen LogP contribution >= 0.6 is 0 Å². The van der Waals surface area contributed by atoms with Gasteiger partial charge in [-0.15, -0.1) is 0 Å². The van der Waals surface area contributed by atoms with Crippen molar-refractivity contribution in [2.45, 2.75) is 5.92 Å². The Balaban J connectivity index is 1.25. The number of ether oxygens (including phenoxy) is 1. The second-order valence-corrected chi connectivity index (χ2v) is 9.09. The molecule has 1 unspecified atom stereocenters. The van der Waals surface area contributed by atoms with Crippen molar-refractivity contribution in [3.8, 4) is 34.1 Å². The number of nitrogens with one attached hydrogen (secondary N) is 3. The number of fused-ring (bicyclic) bond motifs is 2. The number of nitrogens with zero attached hydrogens (tertiary/aromatic N) is 2. The Kier molecular flexibility index (Phi) is 5.91. The molecule has 5 aromatic rings. The predicted molar refractivity (Wildman–Crippen MR) is 143 cm³/mol. The van der Waals surface area contributed by atoms with E-state index in [0.29, 0.717) is 45.1 Å². The van der Waals surface area contributed by atoms with Gasteiger partial charge in [-0.05, 0) is 71.8 Å². The highest BCUT2D eigenvalue weighted by Crippen LogP contribution is 2.36. The molecule has 10 heteroatoms. The highest BCUT2D eigenvalue weighted by Gasteiger charge is 2.31. The molecule has 0 fully saturated rings. The smallest absolute Gasteiger partial charge is 0.251 e. The number of benzene rings is 3. The molecule has 4 N–H and O–H groups in total. The second kappa shape index (κ2) is 9.56. The average Bonchev–Trinajstić information content (AvgIpc) is 3.51. The molecule has 1 atom stereocenters. The summed E-state index contributed by atoms with van der Waals surface area (Å²) in [6.45, 7) is 0.0173. The van der Waals surface area contributed by atoms with Crippen LogP contribution in [0.2, 0.25) is 0 Å². The lowest BCUT2D eigenvalue weighted by Gasteiger charge is -2.10. The van der Waals surface area contributed by atoms with Gasteiger partial charge in [0.2, 0.25) is 11.8 Å². The molecule has 3 heterocycles. The van der Waals surface area contributed by atoms with Crippen molar-refractivity contribution in [1.82, 2.24) is 20.3 Å². The van der Waals surface area contributed by atoms with Crippen LogP contribution in [-0.4, -0.2) is 45.5 Å². The highest BCUT2D eigenvalue weighted by molar-refractivity contribution is 6.04. The molecular formula is C29H22FN5O4. The number of anilines is 1. The van der Waals surface area contributed by atoms with Gasteiger partial charge in [0.1, 0.15) is 17.4 Å². The van der Waals surface area contributed by atoms with Gasteiger partial charge in [0.25, 0.3) is 5.91 Å². The molecule has 0 aliphatic carbocycles. The predicted octanol–water partition coefficient (Wildman–Crippen LogP) is 4.61. The maximum absolute atomic E-state index is 13.7. The number of amides is 2. The van der Waals surface area contributed by atoms with Crippen LogP contribution < -0.4 is 15.4 Å². The number of halogens is 1. The van der Waals surface area contributed by atoms with Crippen molar-refractivity contribution in [3.05, 3.63) is 89.9 Å². The van der Waals surface area contributed by atoms with Gasteiger partial charge in [-0.25, -0.2) is 14.4 Å². The molecule has 0 bridgehead atoms. The Labute approximate surface area is 221 Å². The van der Waals surface area contributed by atoms with Gasteiger partial charge < -0.3 is 25.5 Å². The highest BCUT2D eigenvalue weighted by atomic mass is 19.1. The number of phenols is 1. The fraction of sp³-hybridized carbons (Fsp3) is 0.103. The molecular weight excluding hydrogens is 501 g/mol. The van der Waals surface area contributed by atoms with Gasteiger partial charge in [0.05, 0.1) is 29.6 Å². The molecule has 194 valence electrons. The number of pyridine rings is 1. The van der Waals surface area contributed by atoms with Gasteiger partial charge in [-0.1, -0.05) is 6.07 Å². The van der Waals surface area contributed by atoms with Crippen LogP contribution in [0.1, 0.15) is 21.8 Å². The minimum Gasteiger partial charge on any atom is -0.507 e. The average molecular weight is 524 g/mol. The summed E-state index contributed by atoms with van der Waals surface area (Å²) in [7, 11) is 1.54. The number of rotatable bonds is 6. The Morgan fingerprint density at radius 2 is 1.97 bits per heavy atom. The summed E-state index contributed by atoms with van der Waals surface area (Å²) in [5.74, 6) is -0.914. The summed E-state index contributed by atoms with van der Waals surface area (Å²) in [5.41, 5.74) is 4.61. The van der Waals surface area contributed by atoms with Gasteiger partial charge in [-0.3, -0.25) is 9.59 Å². The summed E-state index contributed by atoms with van der Waals surface area (Å²) in [6.07, 6.45) is 1.64. The molecule has 1 aliphatic heterocycles. The van der Waals surface area contributed by atoms with Gasteiger partial charge in [-0.2, -0.15) is 0 Å². The lowest BCUT2D eigenvalue weighted by Crippen LogP contribution is -2.31. The zero-order chi connectivity index (χ0) is 27.1. The number of carbonyl (C=O) groups excluding carboxylic acids is 2. The number of carbonyl (C=O) groups is 2. The van der Waals surface area contributed by atoms with E-state index in [1.807, 2.05) is 6.07 Å². The molecule has 0 saturated heterocycles. The number of aromatic hydroxyl groups is 1. The molecule has 6 rings (SSSR count). The van der Waals surface area contributed by atoms with Crippen LogP contribution in [0.4, 0.5) is 10.1 Å². The second-order valence-electron chi connectivity index (χ2n) is 9.09. The minimum atomic E-state index is -0.686. The number of hydrogen-bond donors (Lipinski definition) is 4. The van der Waals surface area contributed by atoms with E-state index in [1.54, 1.807) is 55.8 Å². The minimum absolute atomic E-state index is 0.0173. The number of imidazole rings is 1. The summed E-state index contributed by atoms with van der Waals surface area (Å²) in [6, 6.07) is 17.9. The monoisotopic (exact) mass is 523 g/mol. The lowest BCUT2D eigenvalue weighted by molar-refractivity contribution is -0.116. The number of aromatic nitrogens is 3. The summed E-state index contributed by atoms with van der Waals surface area (Å²) < 4.78 is 19.1. The first-order valence-corrected chi connectivity index (χ1v) is 12.1. The van der Waals surface area contributed by atoms with E-state index in [0.717, 1.165) is 11.1 Å². The Morgan fingerprint density at radius 1 is 1.10 bits per heavy atom. The van der Waals surface area contributed by atoms with E-state index in [9.17, 15) is 19.1 Å². The van der Waals surface area contributed by atoms with Crippen LogP contribution in [0, 0.1) is 5.82 Å². The maximum atomic E-state index is 13.7. The number of phenolic OH excluding ortho intramolecular Hbond substituents is 1. The van der Waals surface area contributed by atoms with Crippen molar-refractivity contribution >= 4 is 28.5 Å². The van der Waals surface area contributed by atoms with Crippen LogP contribution in [-0.2, 0) is 4.79 Å². The van der Waals surface area contributed by atoms with Crippen molar-refractivity contribution in [2.24, 2.45) is 0 Å². The lowest BCUT2D eigenvalue weighted by atomic mass is 10.0. The van der Waals surface area contributed by atoms with E-state index in [4.69, 9.17) is 4.74 Å². The number of aromatic amines is 1. The fourth-order valence-corrected chi connectivity index (χ4v) is 4.74. The van der Waals surface area contributed by atoms with Gasteiger partial charge in [0, 0.05) is 29.6 Å². The topological polar surface area (TPSA) is 129 Å². The zero-order valence-corrected chi connectivity index (χ0v) is 20.7. The molecule has 0 spiro atoms. The van der Waals surface area contributed by atoms with E-state index in [-0.39, 0.29) is 18.2 Å². The quantitative estimate of drug-likeness (QED) is 0.257. The summed E-state index contributed by atoms with van der Waals surface area (Å²) in [4.78, 5) is 37.3. The summed E-state index contributed by atoms with van der Waals surface area (Å²) in [5, 5.41) is 16.1. The number of H-pyrrole nitrogens is 1. The van der Waals surface area contributed by atoms with Gasteiger partial charge >= 0.3 is 0 Å². The van der Waals surface area contributed by atoms with Crippen LogP contribution in [0.5, 0.6) is 11.6 Å². The largest absolute Gasteiger partial charge is 0.507 e. The third-order valence-corrected chi connectivity index (χ3v) is 6.70. The molecule has 3 aromatic carbocycles. The SMILES string of the molecule is COc1ncccc1-c1ccc(O)c(-c2nc3cc(C(=O)NCC4C(=O)Nc5ccc(F)cc54)ccc3[nH]2)c1. The first-order valence-electron chi connectivity index (χ1n) is 12.1. The number of hydrogen-bond acceptors (Lipinski definition) is 6. The maximum Gasteiger partial charge on any atom is 0.251 e. The third-order valence-electron chi connectivity index (χ3n) is 6.70. The Hall–Kier alpha value is -5.25. The Bertz CT molecular complexity index is 1770. The van der Waals surface area contributed by atoms with E-state index >= 15 is 0 Å². The van der Waals surface area contributed by atoms with Crippen molar-refractivity contribution in [2.75, 3.05) is 19.0 Å². The van der Waals surface area contributed by atoms with E-state index in [2.05, 4.69) is 25.6 Å². The molecule has 9 nitrogen and oxygen atoms in total. The van der Waals surface area contributed by atoms with Crippen molar-refractivity contribution in [3.63, 3.8) is 0 Å². The number of methoxy groups -OCH3 is 1. The van der Waals surface area contributed by atoms with Crippen LogP contribution in [0.25, 0.3) is 33.5 Å². The van der Waals surface area contributed by atoms with Crippen LogP contribution in [0.15, 0.2) is 72.9 Å². The van der Waals surface area contributed by atoms with Crippen LogP contribution in [0.3, 0.4) is 0 Å². The molecule has 1 aliphatic rings. The van der Waals surface area contributed by atoms with Gasteiger partial charge in [0.15, 0.2) is 0 Å². The van der Waals surface area contributed by atoms with Crippen molar-refractivity contribution < 1.29 is 23.8 Å². The molecule has 0 saturated carbocycles. The zero-order valence-electron chi connectivity index (χ0n) is 20.7. The first-order chi connectivity index (χ1) is 18.9. The standard InChI is InChI=1S/C29H22FN5O4/c1-39-29-18(3-2-10-31-29)15-5-9-25(36)20(11-15)26-33-23-7-4-16(12-24(23)34-26)27(37)32-14-21-19-13-17(30)6-8-22(19)35-28(21)38/h2-13,21,36H,14H2,1H3,(H,32,37)(H,33,34)(H,35,38). The summed E-state index contributed by atoms with van der Waals surface area (Å²) >= 11 is 0. The molecule has 2 amide bonds. The fourth-order valence-electron chi connectivity index (χ4n) is 4.74. The first kappa shape index (κ1) is 24.1. The van der Waals surface area contributed by atoms with Crippen molar-refractivity contribution in [1.29, 1.82) is 0 Å². The third kappa shape index (κ3) is 4.42. The molecule has 0 radical (unpaired) electrons.